The number of aromatic nitrogens is 4. The fourth-order valence-electron chi connectivity index (χ4n) is 3.78. The lowest BCUT2D eigenvalue weighted by Crippen LogP contribution is -2.37. The van der Waals surface area contributed by atoms with E-state index in [1.54, 1.807) is 13.0 Å². The van der Waals surface area contributed by atoms with E-state index in [9.17, 15) is 9.59 Å². The number of carbonyl (C=O) groups is 1. The largest absolute Gasteiger partial charge is 0.349 e. The van der Waals surface area contributed by atoms with Crippen molar-refractivity contribution in [1.82, 2.24) is 25.3 Å². The van der Waals surface area contributed by atoms with Crippen LogP contribution in [0, 0.1) is 6.92 Å². The Morgan fingerprint density at radius 2 is 1.58 bits per heavy atom. The first-order chi connectivity index (χ1) is 15.0. The number of hydrogen-bond acceptors (Lipinski definition) is 4. The molecular formula is C24H23N5O2. The van der Waals surface area contributed by atoms with Gasteiger partial charge in [0.05, 0.1) is 17.5 Å². The lowest BCUT2D eigenvalue weighted by Gasteiger charge is -2.26. The number of carbonyl (C=O) groups excluding carboxylic acids is 1. The molecule has 2 aromatic carbocycles. The molecule has 4 aromatic rings. The van der Waals surface area contributed by atoms with Gasteiger partial charge in [0.25, 0.3) is 11.5 Å². The summed E-state index contributed by atoms with van der Waals surface area (Å²) in [5.41, 5.74) is 3.06. The van der Waals surface area contributed by atoms with E-state index < -0.39 is 0 Å². The molecule has 31 heavy (non-hydrogen) atoms. The van der Waals surface area contributed by atoms with Crippen molar-refractivity contribution in [2.75, 3.05) is 0 Å². The average Bonchev–Trinajstić information content (AvgIpc) is 3.17. The van der Waals surface area contributed by atoms with Crippen molar-refractivity contribution in [3.05, 3.63) is 112 Å². The van der Waals surface area contributed by atoms with Crippen LogP contribution in [0.5, 0.6) is 0 Å². The van der Waals surface area contributed by atoms with Gasteiger partial charge in [-0.15, -0.1) is 0 Å². The number of amides is 1. The Kier molecular flexibility index (Phi) is 5.75. The molecule has 0 radical (unpaired) electrons. The number of nitrogens with one attached hydrogen (secondary N) is 2. The summed E-state index contributed by atoms with van der Waals surface area (Å²) in [6.45, 7) is 3.80. The molecule has 0 fully saturated rings. The normalized spacial score (nSPS) is 12.0. The van der Waals surface area contributed by atoms with Crippen LogP contribution in [0.15, 0.2) is 83.8 Å². The first kappa shape index (κ1) is 20.3. The topological polar surface area (TPSA) is 92.7 Å². The monoisotopic (exact) mass is 413 g/mol. The molecule has 4 rings (SSSR count). The minimum atomic E-state index is -0.298. The highest BCUT2D eigenvalue weighted by Gasteiger charge is 2.25. The molecule has 2 heterocycles. The Labute approximate surface area is 179 Å². The number of aromatic amines is 1. The summed E-state index contributed by atoms with van der Waals surface area (Å²) >= 11 is 0. The maximum Gasteiger partial charge on any atom is 0.264 e. The van der Waals surface area contributed by atoms with E-state index in [2.05, 4.69) is 44.9 Å². The molecule has 2 N–H and O–H groups in total. The highest BCUT2D eigenvalue weighted by Crippen LogP contribution is 2.28. The molecule has 0 bridgehead atoms. The first-order valence-corrected chi connectivity index (χ1v) is 10.1. The maximum absolute atomic E-state index is 13.1. The van der Waals surface area contributed by atoms with Gasteiger partial charge in [-0.3, -0.25) is 9.59 Å². The van der Waals surface area contributed by atoms with E-state index in [0.717, 1.165) is 11.1 Å². The van der Waals surface area contributed by atoms with E-state index in [1.165, 1.54) is 16.9 Å². The number of nitrogens with zero attached hydrogens (tertiary/aromatic N) is 3. The summed E-state index contributed by atoms with van der Waals surface area (Å²) in [6.07, 6.45) is 1.52. The Hall–Kier alpha value is -4.00. The summed E-state index contributed by atoms with van der Waals surface area (Å²) < 4.78 is 1.53. The third-order valence-corrected chi connectivity index (χ3v) is 5.31. The summed E-state index contributed by atoms with van der Waals surface area (Å²) in [4.78, 5) is 24.4. The number of rotatable bonds is 6. The standard InChI is InChI=1S/C24H23N5O2/c1-16(23(18-9-5-3-6-10-18)19-11-7-4-8-12-19)26-24(31)20-15-25-29(17(20)2)21-13-14-22(30)28-27-21/h3-16,23H,1-2H3,(H,26,31)(H,28,30). The van der Waals surface area contributed by atoms with Gasteiger partial charge in [0.1, 0.15) is 0 Å². The van der Waals surface area contributed by atoms with Gasteiger partial charge in [-0.2, -0.15) is 10.2 Å². The van der Waals surface area contributed by atoms with Gasteiger partial charge in [0.2, 0.25) is 0 Å². The van der Waals surface area contributed by atoms with Crippen molar-refractivity contribution in [3.8, 4) is 5.82 Å². The van der Waals surface area contributed by atoms with E-state index in [4.69, 9.17) is 0 Å². The van der Waals surface area contributed by atoms with Crippen LogP contribution in [0.3, 0.4) is 0 Å². The zero-order valence-electron chi connectivity index (χ0n) is 17.3. The van der Waals surface area contributed by atoms with Crippen molar-refractivity contribution in [1.29, 1.82) is 0 Å². The Bertz CT molecular complexity index is 1170. The highest BCUT2D eigenvalue weighted by atomic mass is 16.1. The molecule has 0 spiro atoms. The lowest BCUT2D eigenvalue weighted by molar-refractivity contribution is 0.0936. The lowest BCUT2D eigenvalue weighted by atomic mass is 9.85. The maximum atomic E-state index is 13.1. The molecule has 7 nitrogen and oxygen atoms in total. The van der Waals surface area contributed by atoms with E-state index in [0.29, 0.717) is 17.1 Å². The van der Waals surface area contributed by atoms with E-state index in [-0.39, 0.29) is 23.4 Å². The van der Waals surface area contributed by atoms with E-state index in [1.807, 2.05) is 43.3 Å². The van der Waals surface area contributed by atoms with Crippen LogP contribution in [0.1, 0.15) is 40.0 Å². The van der Waals surface area contributed by atoms with Crippen LogP contribution >= 0.6 is 0 Å². The van der Waals surface area contributed by atoms with Crippen LogP contribution in [0.2, 0.25) is 0 Å². The second-order valence-electron chi connectivity index (χ2n) is 7.40. The van der Waals surface area contributed by atoms with Crippen LogP contribution in [0.4, 0.5) is 0 Å². The Morgan fingerprint density at radius 1 is 0.968 bits per heavy atom. The van der Waals surface area contributed by atoms with Gasteiger partial charge in [0.15, 0.2) is 5.82 Å². The number of hydrogen-bond donors (Lipinski definition) is 2. The average molecular weight is 413 g/mol. The molecule has 2 aromatic heterocycles. The molecule has 1 unspecified atom stereocenters. The van der Waals surface area contributed by atoms with Crippen LogP contribution in [0.25, 0.3) is 5.82 Å². The van der Waals surface area contributed by atoms with Gasteiger partial charge < -0.3 is 5.32 Å². The predicted octanol–water partition coefficient (Wildman–Crippen LogP) is 3.21. The fraction of sp³-hybridized carbons (Fsp3) is 0.167. The molecule has 0 aliphatic rings. The third-order valence-electron chi connectivity index (χ3n) is 5.31. The molecule has 7 heteroatoms. The molecular weight excluding hydrogens is 390 g/mol. The van der Waals surface area contributed by atoms with Gasteiger partial charge >= 0.3 is 0 Å². The van der Waals surface area contributed by atoms with Gasteiger partial charge in [-0.25, -0.2) is 9.78 Å². The number of H-pyrrole nitrogens is 1. The summed E-state index contributed by atoms with van der Waals surface area (Å²) in [6, 6.07) is 23.1. The molecule has 1 amide bonds. The summed E-state index contributed by atoms with van der Waals surface area (Å²) in [5, 5.41) is 13.8. The smallest absolute Gasteiger partial charge is 0.264 e. The zero-order chi connectivity index (χ0) is 21.8. The third kappa shape index (κ3) is 4.30. The van der Waals surface area contributed by atoms with Crippen LogP contribution in [-0.2, 0) is 0 Å². The Morgan fingerprint density at radius 3 is 2.13 bits per heavy atom. The SMILES string of the molecule is Cc1c(C(=O)NC(C)C(c2ccccc2)c2ccccc2)cnn1-c1ccc(=O)[nH]n1. The molecule has 0 saturated heterocycles. The van der Waals surface area contributed by atoms with Crippen LogP contribution < -0.4 is 10.9 Å². The van der Waals surface area contributed by atoms with Crippen molar-refractivity contribution >= 4 is 5.91 Å². The van der Waals surface area contributed by atoms with Crippen molar-refractivity contribution in [2.45, 2.75) is 25.8 Å². The number of benzene rings is 2. The van der Waals surface area contributed by atoms with Crippen molar-refractivity contribution in [2.24, 2.45) is 0 Å². The van der Waals surface area contributed by atoms with E-state index >= 15 is 0 Å². The first-order valence-electron chi connectivity index (χ1n) is 10.1. The molecule has 0 saturated carbocycles. The van der Waals surface area contributed by atoms with Gasteiger partial charge in [0, 0.05) is 18.0 Å². The molecule has 156 valence electrons. The fourth-order valence-corrected chi connectivity index (χ4v) is 3.78. The quantitative estimate of drug-likeness (QED) is 0.508. The van der Waals surface area contributed by atoms with Crippen molar-refractivity contribution in [3.63, 3.8) is 0 Å². The second-order valence-corrected chi connectivity index (χ2v) is 7.40. The molecule has 0 aliphatic heterocycles. The second kappa shape index (κ2) is 8.79. The minimum absolute atomic E-state index is 0.00238. The van der Waals surface area contributed by atoms with Crippen molar-refractivity contribution < 1.29 is 4.79 Å². The van der Waals surface area contributed by atoms with Crippen LogP contribution in [-0.4, -0.2) is 31.9 Å². The van der Waals surface area contributed by atoms with Gasteiger partial charge in [-0.05, 0) is 31.0 Å². The zero-order valence-corrected chi connectivity index (χ0v) is 17.3. The summed E-state index contributed by atoms with van der Waals surface area (Å²) in [7, 11) is 0. The predicted molar refractivity (Wildman–Crippen MR) is 118 cm³/mol. The minimum Gasteiger partial charge on any atom is -0.349 e. The van der Waals surface area contributed by atoms with Gasteiger partial charge in [-0.1, -0.05) is 60.7 Å². The highest BCUT2D eigenvalue weighted by molar-refractivity contribution is 5.95. The Balaban J connectivity index is 1.60. The summed E-state index contributed by atoms with van der Waals surface area (Å²) in [5.74, 6) is 0.232. The molecule has 1 atom stereocenters. The molecule has 0 aliphatic carbocycles.